The summed E-state index contributed by atoms with van der Waals surface area (Å²) in [5.74, 6) is -1.09. The maximum Gasteiger partial charge on any atom is 0.228 e. The second-order valence-electron chi connectivity index (χ2n) is 6.76. The van der Waals surface area contributed by atoms with Crippen LogP contribution in [0, 0.1) is 17.0 Å². The van der Waals surface area contributed by atoms with E-state index in [1.165, 1.54) is 17.4 Å². The van der Waals surface area contributed by atoms with Crippen LogP contribution in [0.4, 0.5) is 13.9 Å². The van der Waals surface area contributed by atoms with Gasteiger partial charge in [-0.2, -0.15) is 0 Å². The maximum atomic E-state index is 13.8. The van der Waals surface area contributed by atoms with Crippen LogP contribution in [0.2, 0.25) is 0 Å². The summed E-state index contributed by atoms with van der Waals surface area (Å²) in [5, 5.41) is 0.673. The van der Waals surface area contributed by atoms with Gasteiger partial charge in [-0.15, -0.1) is 0 Å². The van der Waals surface area contributed by atoms with E-state index in [2.05, 4.69) is 4.98 Å². The maximum absolute atomic E-state index is 13.8. The topological polar surface area (TPSA) is 36.4 Å². The van der Waals surface area contributed by atoms with Gasteiger partial charge in [0.2, 0.25) is 5.91 Å². The zero-order valence-electron chi connectivity index (χ0n) is 13.4. The van der Waals surface area contributed by atoms with Gasteiger partial charge >= 0.3 is 0 Å². The van der Waals surface area contributed by atoms with Crippen LogP contribution in [0.25, 0.3) is 10.2 Å². The Balaban J connectivity index is 1.75. The third-order valence-electron chi connectivity index (χ3n) is 3.88. The molecular formula is C16H19F2N3OS. The molecule has 0 atom stereocenters. The molecule has 1 aliphatic heterocycles. The Bertz CT molecular complexity index is 746. The van der Waals surface area contributed by atoms with E-state index < -0.39 is 17.0 Å². The summed E-state index contributed by atoms with van der Waals surface area (Å²) in [6.07, 6.45) is 0. The second-order valence-corrected chi connectivity index (χ2v) is 7.77. The smallest absolute Gasteiger partial charge is 0.228 e. The molecule has 2 aromatic rings. The first-order valence-electron chi connectivity index (χ1n) is 7.55. The number of hydrogen-bond donors (Lipinski definition) is 0. The summed E-state index contributed by atoms with van der Waals surface area (Å²) in [5.41, 5.74) is -0.182. The number of amides is 1. The van der Waals surface area contributed by atoms with E-state index in [0.717, 1.165) is 6.07 Å². The molecule has 3 rings (SSSR count). The lowest BCUT2D eigenvalue weighted by molar-refractivity contribution is -0.139. The van der Waals surface area contributed by atoms with Crippen molar-refractivity contribution in [3.8, 4) is 0 Å². The van der Waals surface area contributed by atoms with Gasteiger partial charge in [-0.25, -0.2) is 13.8 Å². The van der Waals surface area contributed by atoms with Gasteiger partial charge in [-0.3, -0.25) is 4.79 Å². The fourth-order valence-corrected chi connectivity index (χ4v) is 3.71. The molecule has 124 valence electrons. The van der Waals surface area contributed by atoms with Crippen LogP contribution in [-0.4, -0.2) is 42.0 Å². The summed E-state index contributed by atoms with van der Waals surface area (Å²) in [4.78, 5) is 20.5. The van der Waals surface area contributed by atoms with Crippen LogP contribution in [0.1, 0.15) is 20.8 Å². The van der Waals surface area contributed by atoms with Gasteiger partial charge in [0, 0.05) is 37.7 Å². The molecule has 1 amide bonds. The lowest BCUT2D eigenvalue weighted by atomic mass is 9.94. The Kier molecular flexibility index (Phi) is 4.00. The molecule has 1 aromatic carbocycles. The van der Waals surface area contributed by atoms with Crippen molar-refractivity contribution in [2.45, 2.75) is 20.8 Å². The van der Waals surface area contributed by atoms with Crippen LogP contribution in [0.3, 0.4) is 0 Å². The first kappa shape index (κ1) is 16.1. The predicted octanol–water partition coefficient (Wildman–Crippen LogP) is 3.27. The highest BCUT2D eigenvalue weighted by Crippen LogP contribution is 2.31. The molecule has 1 aliphatic rings. The fourth-order valence-electron chi connectivity index (χ4n) is 2.66. The predicted molar refractivity (Wildman–Crippen MR) is 87.8 cm³/mol. The van der Waals surface area contributed by atoms with Gasteiger partial charge in [-0.05, 0) is 6.07 Å². The van der Waals surface area contributed by atoms with Gasteiger partial charge in [-0.1, -0.05) is 32.1 Å². The molecule has 1 aromatic heterocycles. The Hall–Kier alpha value is -1.76. The number of rotatable bonds is 1. The molecule has 0 N–H and O–H groups in total. The number of halogens is 2. The van der Waals surface area contributed by atoms with Gasteiger partial charge < -0.3 is 9.80 Å². The van der Waals surface area contributed by atoms with Crippen molar-refractivity contribution >= 4 is 32.6 Å². The number of hydrogen-bond acceptors (Lipinski definition) is 4. The second kappa shape index (κ2) is 5.70. The fraction of sp³-hybridized carbons (Fsp3) is 0.500. The number of benzene rings is 1. The molecule has 7 heteroatoms. The molecule has 23 heavy (non-hydrogen) atoms. The van der Waals surface area contributed by atoms with Gasteiger partial charge in [0.15, 0.2) is 10.9 Å². The summed E-state index contributed by atoms with van der Waals surface area (Å²) in [6, 6.07) is 2.16. The van der Waals surface area contributed by atoms with Gasteiger partial charge in [0.05, 0.1) is 4.70 Å². The van der Waals surface area contributed by atoms with Crippen LogP contribution in [0.15, 0.2) is 12.1 Å². The zero-order valence-corrected chi connectivity index (χ0v) is 14.2. The minimum Gasteiger partial charge on any atom is -0.345 e. The molecular weight excluding hydrogens is 320 g/mol. The van der Waals surface area contributed by atoms with E-state index in [0.29, 0.717) is 36.0 Å². The lowest BCUT2D eigenvalue weighted by Crippen LogP contribution is -2.51. The Morgan fingerprint density at radius 2 is 1.83 bits per heavy atom. The average molecular weight is 339 g/mol. The van der Waals surface area contributed by atoms with E-state index in [1.54, 1.807) is 0 Å². The first-order valence-corrected chi connectivity index (χ1v) is 8.37. The van der Waals surface area contributed by atoms with Crippen molar-refractivity contribution in [1.29, 1.82) is 0 Å². The summed E-state index contributed by atoms with van der Waals surface area (Å²) in [6.45, 7) is 8.24. The van der Waals surface area contributed by atoms with E-state index >= 15 is 0 Å². The molecule has 0 aliphatic carbocycles. The van der Waals surface area contributed by atoms with Gasteiger partial charge in [0.25, 0.3) is 0 Å². The van der Waals surface area contributed by atoms with Crippen molar-refractivity contribution in [1.82, 2.24) is 9.88 Å². The summed E-state index contributed by atoms with van der Waals surface area (Å²) < 4.78 is 27.5. The molecule has 1 saturated heterocycles. The molecule has 0 radical (unpaired) electrons. The normalized spacial score (nSPS) is 16.2. The van der Waals surface area contributed by atoms with E-state index in [9.17, 15) is 13.6 Å². The monoisotopic (exact) mass is 339 g/mol. The highest BCUT2D eigenvalue weighted by molar-refractivity contribution is 7.22. The quantitative estimate of drug-likeness (QED) is 0.800. The number of fused-ring (bicyclic) bond motifs is 1. The standard InChI is InChI=1S/C16H19F2N3OS/c1-16(2,3)14(22)20-4-6-21(7-5-20)15-19-13-11(18)8-10(17)9-12(13)23-15/h8-9H,4-7H2,1-3H3. The number of nitrogens with zero attached hydrogens (tertiary/aromatic N) is 3. The third-order valence-corrected chi connectivity index (χ3v) is 4.94. The number of carbonyl (C=O) groups excluding carboxylic acids is 1. The number of carbonyl (C=O) groups is 1. The van der Waals surface area contributed by atoms with Crippen molar-refractivity contribution < 1.29 is 13.6 Å². The molecule has 1 fully saturated rings. The molecule has 4 nitrogen and oxygen atoms in total. The van der Waals surface area contributed by atoms with Crippen molar-refractivity contribution in [3.63, 3.8) is 0 Å². The Morgan fingerprint density at radius 1 is 1.17 bits per heavy atom. The third kappa shape index (κ3) is 3.15. The molecule has 2 heterocycles. The van der Waals surface area contributed by atoms with Crippen LogP contribution < -0.4 is 4.90 Å². The highest BCUT2D eigenvalue weighted by atomic mass is 32.1. The highest BCUT2D eigenvalue weighted by Gasteiger charge is 2.30. The lowest BCUT2D eigenvalue weighted by Gasteiger charge is -2.37. The number of aromatic nitrogens is 1. The van der Waals surface area contributed by atoms with Crippen molar-refractivity contribution in [3.05, 3.63) is 23.8 Å². The van der Waals surface area contributed by atoms with E-state index in [-0.39, 0.29) is 11.4 Å². The molecule has 0 saturated carbocycles. The van der Waals surface area contributed by atoms with Crippen LogP contribution in [-0.2, 0) is 4.79 Å². The molecule has 0 unspecified atom stereocenters. The van der Waals surface area contributed by atoms with Crippen LogP contribution in [0.5, 0.6) is 0 Å². The Morgan fingerprint density at radius 3 is 2.43 bits per heavy atom. The molecule has 0 spiro atoms. The summed E-state index contributed by atoms with van der Waals surface area (Å²) in [7, 11) is 0. The number of thiazole rings is 1. The minimum atomic E-state index is -0.635. The average Bonchev–Trinajstić information content (AvgIpc) is 2.90. The number of anilines is 1. The molecule has 0 bridgehead atoms. The van der Waals surface area contributed by atoms with Crippen molar-refractivity contribution in [2.24, 2.45) is 5.41 Å². The van der Waals surface area contributed by atoms with Gasteiger partial charge in [0.1, 0.15) is 11.3 Å². The van der Waals surface area contributed by atoms with Crippen molar-refractivity contribution in [2.75, 3.05) is 31.1 Å². The SMILES string of the molecule is CC(C)(C)C(=O)N1CCN(c2nc3c(F)cc(F)cc3s2)CC1. The summed E-state index contributed by atoms with van der Waals surface area (Å²) >= 11 is 1.28. The first-order chi connectivity index (χ1) is 10.8. The van der Waals surface area contributed by atoms with E-state index in [4.69, 9.17) is 0 Å². The van der Waals surface area contributed by atoms with E-state index in [1.807, 2.05) is 30.6 Å². The van der Waals surface area contributed by atoms with Crippen LogP contribution >= 0.6 is 11.3 Å². The zero-order chi connectivity index (χ0) is 16.8. The minimum absolute atomic E-state index is 0.134. The number of piperazine rings is 1. The largest absolute Gasteiger partial charge is 0.345 e. The Labute approximate surface area is 137 Å².